The zero-order chi connectivity index (χ0) is 24.3. The smallest absolute Gasteiger partial charge is 0.244 e. The molecule has 1 saturated heterocycles. The molecule has 34 heavy (non-hydrogen) atoms. The number of carbonyl (C=O) groups excluding carboxylic acids is 1. The quantitative estimate of drug-likeness (QED) is 0.418. The fourth-order valence-electron chi connectivity index (χ4n) is 3.99. The molecule has 1 aliphatic rings. The van der Waals surface area contributed by atoms with Gasteiger partial charge in [-0.15, -0.1) is 0 Å². The number of nitrogens with zero attached hydrogens (tertiary/aromatic N) is 2. The number of rotatable bonds is 7. The van der Waals surface area contributed by atoms with E-state index in [9.17, 15) is 13.2 Å². The van der Waals surface area contributed by atoms with Gasteiger partial charge in [0.2, 0.25) is 15.9 Å². The van der Waals surface area contributed by atoms with Crippen LogP contribution in [0.3, 0.4) is 0 Å². The van der Waals surface area contributed by atoms with E-state index in [0.717, 1.165) is 16.6 Å². The fraction of sp³-hybridized carbons (Fsp3) is 0.304. The molecule has 0 spiro atoms. The van der Waals surface area contributed by atoms with Crippen molar-refractivity contribution in [3.63, 3.8) is 0 Å². The lowest BCUT2D eigenvalue weighted by atomic mass is 9.99. The second-order valence-corrected chi connectivity index (χ2v) is 11.2. The van der Waals surface area contributed by atoms with Crippen molar-refractivity contribution in [1.82, 2.24) is 14.6 Å². The summed E-state index contributed by atoms with van der Waals surface area (Å²) in [4.78, 5) is 17.0. The molecule has 1 atom stereocenters. The molecule has 2 heterocycles. The van der Waals surface area contributed by atoms with Crippen LogP contribution in [-0.2, 0) is 14.8 Å². The Kier molecular flexibility index (Phi) is 7.84. The predicted octanol–water partition coefficient (Wildman–Crippen LogP) is 4.82. The van der Waals surface area contributed by atoms with Crippen molar-refractivity contribution in [2.24, 2.45) is 5.92 Å². The molecule has 2 N–H and O–H groups in total. The normalized spacial score (nSPS) is 17.0. The number of halogens is 3. The van der Waals surface area contributed by atoms with Crippen LogP contribution in [0.5, 0.6) is 0 Å². The first-order chi connectivity index (χ1) is 16.3. The summed E-state index contributed by atoms with van der Waals surface area (Å²) in [5, 5.41) is 8.15. The van der Waals surface area contributed by atoms with E-state index in [-0.39, 0.29) is 27.4 Å². The molecule has 180 valence electrons. The Labute approximate surface area is 213 Å². The molecular weight excluding hydrogens is 519 g/mol. The van der Waals surface area contributed by atoms with E-state index in [1.165, 1.54) is 22.5 Å². The highest BCUT2D eigenvalue weighted by molar-refractivity contribution is 7.89. The maximum absolute atomic E-state index is 13.1. The summed E-state index contributed by atoms with van der Waals surface area (Å²) in [7, 11) is -3.86. The average Bonchev–Trinajstić information content (AvgIpc) is 2.83. The summed E-state index contributed by atoms with van der Waals surface area (Å²) >= 11 is 18.1. The van der Waals surface area contributed by atoms with E-state index in [4.69, 9.17) is 34.8 Å². The van der Waals surface area contributed by atoms with Gasteiger partial charge in [0.15, 0.2) is 0 Å². The highest BCUT2D eigenvalue weighted by Gasteiger charge is 2.34. The van der Waals surface area contributed by atoms with Crippen LogP contribution in [-0.4, -0.2) is 49.8 Å². The van der Waals surface area contributed by atoms with Crippen molar-refractivity contribution in [2.75, 3.05) is 31.5 Å². The zero-order valence-corrected chi connectivity index (χ0v) is 21.2. The van der Waals surface area contributed by atoms with E-state index in [0.29, 0.717) is 37.5 Å². The molecule has 1 aromatic heterocycles. The number of fused-ring (bicyclic) bond motifs is 1. The molecule has 11 heteroatoms. The highest BCUT2D eigenvalue weighted by Crippen LogP contribution is 2.30. The fourth-order valence-corrected chi connectivity index (χ4v) is 6.42. The number of hydrogen-bond acceptors (Lipinski definition) is 5. The maximum Gasteiger partial charge on any atom is 0.244 e. The van der Waals surface area contributed by atoms with Gasteiger partial charge >= 0.3 is 0 Å². The van der Waals surface area contributed by atoms with Gasteiger partial charge in [-0.2, -0.15) is 4.31 Å². The van der Waals surface area contributed by atoms with Gasteiger partial charge in [-0.05, 0) is 55.3 Å². The van der Waals surface area contributed by atoms with Crippen LogP contribution in [0.2, 0.25) is 15.1 Å². The van der Waals surface area contributed by atoms with Crippen LogP contribution in [0.4, 0.5) is 5.69 Å². The van der Waals surface area contributed by atoms with Crippen molar-refractivity contribution >= 4 is 67.3 Å². The molecule has 4 rings (SSSR count). The average molecular weight is 542 g/mol. The van der Waals surface area contributed by atoms with Crippen molar-refractivity contribution in [1.29, 1.82) is 0 Å². The second-order valence-electron chi connectivity index (χ2n) is 8.01. The van der Waals surface area contributed by atoms with Crippen LogP contribution in [0.25, 0.3) is 10.9 Å². The molecule has 1 fully saturated rings. The number of nitrogens with one attached hydrogen (secondary N) is 2. The Hall–Kier alpha value is -2.10. The number of carbonyl (C=O) groups is 1. The van der Waals surface area contributed by atoms with Gasteiger partial charge in [-0.3, -0.25) is 9.78 Å². The lowest BCUT2D eigenvalue weighted by Gasteiger charge is -2.31. The van der Waals surface area contributed by atoms with Gasteiger partial charge in [0.25, 0.3) is 0 Å². The van der Waals surface area contributed by atoms with Crippen LogP contribution >= 0.6 is 34.8 Å². The van der Waals surface area contributed by atoms with E-state index in [2.05, 4.69) is 15.6 Å². The van der Waals surface area contributed by atoms with Crippen LogP contribution in [0, 0.1) is 5.92 Å². The van der Waals surface area contributed by atoms with Crippen molar-refractivity contribution in [3.8, 4) is 0 Å². The molecule has 2 aromatic carbocycles. The molecule has 0 saturated carbocycles. The number of sulfonamides is 1. The molecular formula is C23H23Cl3N4O3S. The first-order valence-corrected chi connectivity index (χ1v) is 13.3. The third-order valence-corrected chi connectivity index (χ3v) is 8.53. The Balaban J connectivity index is 1.34. The molecule has 3 aromatic rings. The SMILES string of the molecule is O=C(NCCNc1ccnc2cc(Cl)ccc12)[C@H]1CCCN(S(=O)(=O)c2cc(Cl)ccc2Cl)C1. The number of hydrogen-bond donors (Lipinski definition) is 2. The van der Waals surface area contributed by atoms with Crippen LogP contribution < -0.4 is 10.6 Å². The minimum Gasteiger partial charge on any atom is -0.383 e. The summed E-state index contributed by atoms with van der Waals surface area (Å²) in [6, 6.07) is 11.7. The minimum absolute atomic E-state index is 0.0437. The van der Waals surface area contributed by atoms with Crippen molar-refractivity contribution in [3.05, 3.63) is 63.7 Å². The lowest BCUT2D eigenvalue weighted by molar-refractivity contribution is -0.125. The highest BCUT2D eigenvalue weighted by atomic mass is 35.5. The Bertz CT molecular complexity index is 1320. The lowest BCUT2D eigenvalue weighted by Crippen LogP contribution is -2.46. The van der Waals surface area contributed by atoms with Gasteiger partial charge in [0.1, 0.15) is 4.90 Å². The van der Waals surface area contributed by atoms with Gasteiger partial charge in [-0.25, -0.2) is 8.42 Å². The first-order valence-electron chi connectivity index (χ1n) is 10.8. The number of pyridine rings is 1. The van der Waals surface area contributed by atoms with Gasteiger partial charge < -0.3 is 10.6 Å². The van der Waals surface area contributed by atoms with E-state index >= 15 is 0 Å². The Morgan fingerprint density at radius 1 is 1.06 bits per heavy atom. The van der Waals surface area contributed by atoms with E-state index in [1.54, 1.807) is 18.3 Å². The molecule has 1 amide bonds. The summed E-state index contributed by atoms with van der Waals surface area (Å²) < 4.78 is 27.5. The minimum atomic E-state index is -3.86. The van der Waals surface area contributed by atoms with Crippen LogP contribution in [0.1, 0.15) is 12.8 Å². The summed E-state index contributed by atoms with van der Waals surface area (Å²) in [5.74, 6) is -0.615. The largest absolute Gasteiger partial charge is 0.383 e. The molecule has 7 nitrogen and oxygen atoms in total. The van der Waals surface area contributed by atoms with Crippen LogP contribution in [0.15, 0.2) is 53.6 Å². The van der Waals surface area contributed by atoms with Crippen molar-refractivity contribution < 1.29 is 13.2 Å². The van der Waals surface area contributed by atoms with Gasteiger partial charge in [-0.1, -0.05) is 34.8 Å². The molecule has 0 bridgehead atoms. The third kappa shape index (κ3) is 5.58. The summed E-state index contributed by atoms with van der Waals surface area (Å²) in [5.41, 5.74) is 1.68. The third-order valence-electron chi connectivity index (χ3n) is 5.71. The van der Waals surface area contributed by atoms with E-state index in [1.807, 2.05) is 12.1 Å². The van der Waals surface area contributed by atoms with E-state index < -0.39 is 15.9 Å². The standard InChI is InChI=1S/C23H23Cl3N4O3S/c24-16-3-5-18-20(7-8-27-21(18)12-16)28-9-10-29-23(31)15-2-1-11-30(14-15)34(32,33)22-13-17(25)4-6-19(22)26/h3-8,12-13,15H,1-2,9-11,14H2,(H,27,28)(H,29,31)/t15-/m0/s1. The van der Waals surface area contributed by atoms with Gasteiger partial charge in [0.05, 0.1) is 16.5 Å². The first kappa shape index (κ1) is 25.0. The molecule has 1 aliphatic heterocycles. The monoisotopic (exact) mass is 540 g/mol. The summed E-state index contributed by atoms with van der Waals surface area (Å²) in [6.07, 6.45) is 2.90. The van der Waals surface area contributed by atoms with Crippen molar-refractivity contribution in [2.45, 2.75) is 17.7 Å². The number of amides is 1. The second kappa shape index (κ2) is 10.7. The molecule has 0 aliphatic carbocycles. The molecule has 0 radical (unpaired) electrons. The Morgan fingerprint density at radius 2 is 1.82 bits per heavy atom. The Morgan fingerprint density at radius 3 is 2.65 bits per heavy atom. The number of aromatic nitrogens is 1. The maximum atomic E-state index is 13.1. The zero-order valence-electron chi connectivity index (χ0n) is 18.1. The number of benzene rings is 2. The predicted molar refractivity (Wildman–Crippen MR) is 136 cm³/mol. The summed E-state index contributed by atoms with van der Waals surface area (Å²) in [6.45, 7) is 1.32. The number of piperidine rings is 1. The van der Waals surface area contributed by atoms with Gasteiger partial charge in [0, 0.05) is 53.5 Å². The number of anilines is 1. The molecule has 0 unspecified atom stereocenters. The topological polar surface area (TPSA) is 91.4 Å².